The molecule has 1 amide bonds. The van der Waals surface area contributed by atoms with Crippen molar-refractivity contribution < 1.29 is 9.90 Å². The van der Waals surface area contributed by atoms with Gasteiger partial charge >= 0.3 is 0 Å². The highest BCUT2D eigenvalue weighted by Crippen LogP contribution is 2.25. The first-order valence-corrected chi connectivity index (χ1v) is 7.88. The molecule has 1 aromatic rings. The molecule has 0 spiro atoms. The van der Waals surface area contributed by atoms with Gasteiger partial charge in [0.15, 0.2) is 0 Å². The van der Waals surface area contributed by atoms with Gasteiger partial charge in [-0.25, -0.2) is 0 Å². The molecule has 0 radical (unpaired) electrons. The summed E-state index contributed by atoms with van der Waals surface area (Å²) in [7, 11) is 1.85. The third-order valence-corrected chi connectivity index (χ3v) is 4.54. The molecule has 1 aliphatic heterocycles. The second kappa shape index (κ2) is 7.37. The van der Waals surface area contributed by atoms with E-state index < -0.39 is 0 Å². The van der Waals surface area contributed by atoms with Crippen molar-refractivity contribution in [1.29, 1.82) is 0 Å². The zero-order chi connectivity index (χ0) is 14.4. The molecule has 106 valence electrons. The molecule has 1 saturated heterocycles. The van der Waals surface area contributed by atoms with Crippen LogP contribution in [-0.4, -0.2) is 41.1 Å². The second-order valence-corrected chi connectivity index (χ2v) is 6.02. The molecule has 1 atom stereocenters. The van der Waals surface area contributed by atoms with E-state index in [-0.39, 0.29) is 18.4 Å². The maximum atomic E-state index is 12.3. The van der Waals surface area contributed by atoms with Crippen LogP contribution in [0.3, 0.4) is 0 Å². The first-order valence-electron chi connectivity index (χ1n) is 6.72. The Morgan fingerprint density at radius 2 is 2.30 bits per heavy atom. The van der Waals surface area contributed by atoms with E-state index in [9.17, 15) is 4.79 Å². The summed E-state index contributed by atoms with van der Waals surface area (Å²) in [5, 5.41) is 8.79. The largest absolute Gasteiger partial charge is 0.384 e. The van der Waals surface area contributed by atoms with Crippen molar-refractivity contribution in [1.82, 2.24) is 4.90 Å². The number of carbonyl (C=O) groups is 1. The minimum Gasteiger partial charge on any atom is -0.384 e. The summed E-state index contributed by atoms with van der Waals surface area (Å²) in [6.07, 6.45) is 0.986. The van der Waals surface area contributed by atoms with E-state index in [1.165, 1.54) is 0 Å². The predicted octanol–water partition coefficient (Wildman–Crippen LogP) is 1.74. The number of aliphatic hydroxyl groups is 1. The topological polar surface area (TPSA) is 40.5 Å². The van der Waals surface area contributed by atoms with Crippen molar-refractivity contribution in [2.45, 2.75) is 13.0 Å². The summed E-state index contributed by atoms with van der Waals surface area (Å²) >= 11 is 1.85. The smallest absolute Gasteiger partial charge is 0.226 e. The minimum absolute atomic E-state index is 0.150. The van der Waals surface area contributed by atoms with Crippen molar-refractivity contribution in [3.8, 4) is 11.8 Å². The number of carbonyl (C=O) groups excluding carboxylic acids is 1. The molecule has 20 heavy (non-hydrogen) atoms. The average Bonchev–Trinajstić information content (AvgIpc) is 2.99. The first-order chi connectivity index (χ1) is 9.72. The number of aliphatic hydroxyl groups excluding tert-OH is 1. The lowest BCUT2D eigenvalue weighted by Gasteiger charge is -2.21. The zero-order valence-corrected chi connectivity index (χ0v) is 12.4. The van der Waals surface area contributed by atoms with Gasteiger partial charge in [0.05, 0.1) is 0 Å². The zero-order valence-electron chi connectivity index (χ0n) is 11.6. The molecule has 1 aromatic carbocycles. The Bertz CT molecular complexity index is 527. The van der Waals surface area contributed by atoms with Gasteiger partial charge in [0, 0.05) is 30.8 Å². The summed E-state index contributed by atoms with van der Waals surface area (Å²) in [4.78, 5) is 14.1. The van der Waals surface area contributed by atoms with Gasteiger partial charge in [-0.05, 0) is 23.8 Å². The standard InChI is InChI=1S/C16H19NO2S/c1-17(16(19)15-8-10-20-12-15)11-14-6-3-2-5-13(14)7-4-9-18/h2-3,5-6,15,18H,8-12H2,1H3. The van der Waals surface area contributed by atoms with Crippen molar-refractivity contribution in [2.24, 2.45) is 5.92 Å². The number of thioether (sulfide) groups is 1. The molecule has 0 saturated carbocycles. The molecule has 1 fully saturated rings. The van der Waals surface area contributed by atoms with Gasteiger partial charge in [0.25, 0.3) is 0 Å². The number of benzene rings is 1. The molecule has 3 nitrogen and oxygen atoms in total. The number of nitrogens with zero attached hydrogens (tertiary/aromatic N) is 1. The molecule has 2 rings (SSSR count). The van der Waals surface area contributed by atoms with Crippen molar-refractivity contribution in [2.75, 3.05) is 25.2 Å². The van der Waals surface area contributed by atoms with E-state index in [0.29, 0.717) is 6.54 Å². The molecule has 1 unspecified atom stereocenters. The molecule has 1 aliphatic rings. The van der Waals surface area contributed by atoms with Crippen LogP contribution in [0.2, 0.25) is 0 Å². The molecule has 0 bridgehead atoms. The monoisotopic (exact) mass is 289 g/mol. The summed E-state index contributed by atoms with van der Waals surface area (Å²) in [5.74, 6) is 8.01. The van der Waals surface area contributed by atoms with Crippen LogP contribution in [-0.2, 0) is 11.3 Å². The van der Waals surface area contributed by atoms with E-state index >= 15 is 0 Å². The fraction of sp³-hybridized carbons (Fsp3) is 0.438. The molecule has 1 heterocycles. The second-order valence-electron chi connectivity index (χ2n) is 4.87. The Balaban J connectivity index is 2.07. The van der Waals surface area contributed by atoms with Crippen molar-refractivity contribution >= 4 is 17.7 Å². The summed E-state index contributed by atoms with van der Waals surface area (Å²) in [6, 6.07) is 7.76. The van der Waals surface area contributed by atoms with E-state index in [1.807, 2.05) is 43.1 Å². The maximum absolute atomic E-state index is 12.3. The lowest BCUT2D eigenvalue weighted by Crippen LogP contribution is -2.32. The quantitative estimate of drug-likeness (QED) is 0.862. The van der Waals surface area contributed by atoms with Crippen LogP contribution in [0.1, 0.15) is 17.5 Å². The lowest BCUT2D eigenvalue weighted by atomic mass is 10.1. The van der Waals surface area contributed by atoms with Crippen LogP contribution in [0.25, 0.3) is 0 Å². The van der Waals surface area contributed by atoms with Crippen LogP contribution < -0.4 is 0 Å². The first kappa shape index (κ1) is 15.0. The van der Waals surface area contributed by atoms with Gasteiger partial charge < -0.3 is 10.0 Å². The number of rotatable bonds is 3. The molecular weight excluding hydrogens is 270 g/mol. The van der Waals surface area contributed by atoms with E-state index in [4.69, 9.17) is 5.11 Å². The molecule has 0 aliphatic carbocycles. The van der Waals surface area contributed by atoms with Gasteiger partial charge in [-0.3, -0.25) is 4.79 Å². The highest BCUT2D eigenvalue weighted by atomic mass is 32.2. The van der Waals surface area contributed by atoms with Crippen LogP contribution in [0.5, 0.6) is 0 Å². The summed E-state index contributed by atoms with van der Waals surface area (Å²) in [5.41, 5.74) is 1.90. The fourth-order valence-electron chi connectivity index (χ4n) is 2.29. The number of hydrogen-bond donors (Lipinski definition) is 1. The molecule has 0 aromatic heterocycles. The van der Waals surface area contributed by atoms with Gasteiger partial charge in [-0.2, -0.15) is 11.8 Å². The van der Waals surface area contributed by atoms with Crippen LogP contribution >= 0.6 is 11.8 Å². The Morgan fingerprint density at radius 1 is 1.50 bits per heavy atom. The van der Waals surface area contributed by atoms with Crippen molar-refractivity contribution in [3.63, 3.8) is 0 Å². The number of amides is 1. The van der Waals surface area contributed by atoms with Gasteiger partial charge in [0.1, 0.15) is 6.61 Å². The van der Waals surface area contributed by atoms with Crippen LogP contribution in [0.15, 0.2) is 24.3 Å². The molecule has 1 N–H and O–H groups in total. The third-order valence-electron chi connectivity index (χ3n) is 3.38. The number of hydrogen-bond acceptors (Lipinski definition) is 3. The lowest BCUT2D eigenvalue weighted by molar-refractivity contribution is -0.133. The van der Waals surface area contributed by atoms with E-state index in [0.717, 1.165) is 29.1 Å². The predicted molar refractivity (Wildman–Crippen MR) is 82.3 cm³/mol. The minimum atomic E-state index is -0.150. The Labute approximate surface area is 124 Å². The van der Waals surface area contributed by atoms with Gasteiger partial charge in [0.2, 0.25) is 5.91 Å². The summed E-state index contributed by atoms with van der Waals surface area (Å²) < 4.78 is 0. The van der Waals surface area contributed by atoms with Gasteiger partial charge in [-0.15, -0.1) is 0 Å². The Morgan fingerprint density at radius 3 is 3.00 bits per heavy atom. The Hall–Kier alpha value is -1.44. The summed E-state index contributed by atoms with van der Waals surface area (Å²) in [6.45, 7) is 0.415. The SMILES string of the molecule is CN(Cc1ccccc1C#CCO)C(=O)C1CCSC1. The maximum Gasteiger partial charge on any atom is 0.226 e. The van der Waals surface area contributed by atoms with Crippen molar-refractivity contribution in [3.05, 3.63) is 35.4 Å². The van der Waals surface area contributed by atoms with E-state index in [1.54, 1.807) is 4.90 Å². The molecule has 4 heteroatoms. The van der Waals surface area contributed by atoms with Crippen LogP contribution in [0, 0.1) is 17.8 Å². The highest BCUT2D eigenvalue weighted by molar-refractivity contribution is 7.99. The third kappa shape index (κ3) is 3.78. The van der Waals surface area contributed by atoms with Crippen LogP contribution in [0.4, 0.5) is 0 Å². The Kier molecular flexibility index (Phi) is 5.51. The fourth-order valence-corrected chi connectivity index (χ4v) is 3.50. The molecular formula is C16H19NO2S. The normalized spacial score (nSPS) is 17.4. The average molecular weight is 289 g/mol. The van der Waals surface area contributed by atoms with E-state index in [2.05, 4.69) is 11.8 Å². The van der Waals surface area contributed by atoms with Gasteiger partial charge in [-0.1, -0.05) is 30.0 Å². The highest BCUT2D eigenvalue weighted by Gasteiger charge is 2.26.